The van der Waals surface area contributed by atoms with Crippen molar-refractivity contribution in [3.8, 4) is 11.4 Å². The Balaban J connectivity index is 1.73. The maximum atomic E-state index is 12.4. The van der Waals surface area contributed by atoms with Gasteiger partial charge in [0.25, 0.3) is 5.91 Å². The Kier molecular flexibility index (Phi) is 5.07. The fourth-order valence-electron chi connectivity index (χ4n) is 2.98. The van der Waals surface area contributed by atoms with E-state index in [1.165, 1.54) is 0 Å². The summed E-state index contributed by atoms with van der Waals surface area (Å²) >= 11 is 0. The minimum absolute atomic E-state index is 0.0406. The zero-order valence-electron chi connectivity index (χ0n) is 15.5. The second-order valence-electron chi connectivity index (χ2n) is 6.35. The monoisotopic (exact) mass is 349 g/mol. The first-order valence-electron chi connectivity index (χ1n) is 8.58. The van der Waals surface area contributed by atoms with E-state index in [-0.39, 0.29) is 12.5 Å². The van der Waals surface area contributed by atoms with Gasteiger partial charge in [0.15, 0.2) is 6.61 Å². The molecule has 26 heavy (non-hydrogen) atoms. The van der Waals surface area contributed by atoms with E-state index in [2.05, 4.69) is 10.4 Å². The highest BCUT2D eigenvalue weighted by Crippen LogP contribution is 2.24. The van der Waals surface area contributed by atoms with E-state index >= 15 is 0 Å². The fourth-order valence-corrected chi connectivity index (χ4v) is 2.98. The molecule has 0 aliphatic rings. The molecule has 0 radical (unpaired) electrons. The van der Waals surface area contributed by atoms with Gasteiger partial charge in [-0.05, 0) is 51.0 Å². The molecule has 134 valence electrons. The summed E-state index contributed by atoms with van der Waals surface area (Å²) in [7, 11) is 0. The highest BCUT2D eigenvalue weighted by Gasteiger charge is 2.16. The van der Waals surface area contributed by atoms with Crippen molar-refractivity contribution in [1.82, 2.24) is 9.78 Å². The molecule has 1 N–H and O–H groups in total. The van der Waals surface area contributed by atoms with Gasteiger partial charge in [0.05, 0.1) is 22.8 Å². The number of nitrogens with zero attached hydrogens (tertiary/aromatic N) is 2. The molecule has 0 unspecified atom stereocenters. The molecule has 1 heterocycles. The Labute approximate surface area is 153 Å². The average molecular weight is 349 g/mol. The van der Waals surface area contributed by atoms with Crippen molar-refractivity contribution in [2.75, 3.05) is 11.9 Å². The van der Waals surface area contributed by atoms with Crippen molar-refractivity contribution in [3.05, 3.63) is 71.0 Å². The van der Waals surface area contributed by atoms with Gasteiger partial charge in [0, 0.05) is 0 Å². The maximum absolute atomic E-state index is 12.4. The fraction of sp³-hybridized carbons (Fsp3) is 0.238. The molecule has 0 bridgehead atoms. The lowest BCUT2D eigenvalue weighted by atomic mass is 10.1. The van der Waals surface area contributed by atoms with Crippen LogP contribution in [0.1, 0.15) is 22.5 Å². The van der Waals surface area contributed by atoms with E-state index in [1.807, 2.05) is 80.9 Å². The first-order chi connectivity index (χ1) is 12.5. The van der Waals surface area contributed by atoms with E-state index in [9.17, 15) is 4.79 Å². The van der Waals surface area contributed by atoms with Crippen LogP contribution >= 0.6 is 0 Å². The van der Waals surface area contributed by atoms with Crippen LogP contribution in [0.15, 0.2) is 48.5 Å². The predicted octanol–water partition coefficient (Wildman–Crippen LogP) is 4.12. The molecule has 2 aromatic carbocycles. The van der Waals surface area contributed by atoms with Crippen LogP contribution < -0.4 is 10.1 Å². The SMILES string of the molecule is Cc1cccc(C)c1OCC(=O)Nc1c(C)nn(-c2ccccc2)c1C. The van der Waals surface area contributed by atoms with Crippen LogP contribution in [-0.4, -0.2) is 22.3 Å². The van der Waals surface area contributed by atoms with E-state index in [0.29, 0.717) is 0 Å². The van der Waals surface area contributed by atoms with E-state index < -0.39 is 0 Å². The third-order valence-corrected chi connectivity index (χ3v) is 4.31. The van der Waals surface area contributed by atoms with Gasteiger partial charge in [-0.15, -0.1) is 0 Å². The summed E-state index contributed by atoms with van der Waals surface area (Å²) in [6.45, 7) is 7.72. The van der Waals surface area contributed by atoms with Crippen LogP contribution in [0, 0.1) is 27.7 Å². The molecule has 5 nitrogen and oxygen atoms in total. The van der Waals surface area contributed by atoms with Crippen molar-refractivity contribution in [1.29, 1.82) is 0 Å². The number of aryl methyl sites for hydroxylation is 3. The Morgan fingerprint density at radius 3 is 2.31 bits per heavy atom. The Morgan fingerprint density at radius 1 is 1.00 bits per heavy atom. The second kappa shape index (κ2) is 7.44. The van der Waals surface area contributed by atoms with Crippen LogP contribution in [0.3, 0.4) is 0 Å². The number of carbonyl (C=O) groups is 1. The standard InChI is InChI=1S/C21H23N3O2/c1-14-9-8-10-15(2)21(14)26-13-19(25)22-20-16(3)23-24(17(20)4)18-11-6-5-7-12-18/h5-12H,13H2,1-4H3,(H,22,25). The van der Waals surface area contributed by atoms with E-state index in [4.69, 9.17) is 4.74 Å². The molecule has 0 spiro atoms. The number of carbonyl (C=O) groups excluding carboxylic acids is 1. The smallest absolute Gasteiger partial charge is 0.262 e. The number of hydrogen-bond donors (Lipinski definition) is 1. The lowest BCUT2D eigenvalue weighted by molar-refractivity contribution is -0.118. The Morgan fingerprint density at radius 2 is 1.65 bits per heavy atom. The van der Waals surface area contributed by atoms with Crippen molar-refractivity contribution in [2.24, 2.45) is 0 Å². The van der Waals surface area contributed by atoms with Crippen molar-refractivity contribution < 1.29 is 9.53 Å². The molecular weight excluding hydrogens is 326 g/mol. The largest absolute Gasteiger partial charge is 0.483 e. The summed E-state index contributed by atoms with van der Waals surface area (Å²) in [5, 5.41) is 7.47. The summed E-state index contributed by atoms with van der Waals surface area (Å²) in [4.78, 5) is 12.4. The van der Waals surface area contributed by atoms with Gasteiger partial charge in [-0.25, -0.2) is 4.68 Å². The lowest BCUT2D eigenvalue weighted by Gasteiger charge is -2.12. The summed E-state index contributed by atoms with van der Waals surface area (Å²) in [6, 6.07) is 15.8. The number of anilines is 1. The zero-order chi connectivity index (χ0) is 18.7. The van der Waals surface area contributed by atoms with E-state index in [1.54, 1.807) is 0 Å². The van der Waals surface area contributed by atoms with Gasteiger partial charge in [-0.2, -0.15) is 5.10 Å². The molecule has 3 aromatic rings. The molecule has 1 amide bonds. The normalized spacial score (nSPS) is 10.6. The number of ether oxygens (including phenoxy) is 1. The molecule has 5 heteroatoms. The van der Waals surface area contributed by atoms with Gasteiger partial charge in [-0.3, -0.25) is 4.79 Å². The Bertz CT molecular complexity index is 910. The Hall–Kier alpha value is -3.08. The molecule has 3 rings (SSSR count). The van der Waals surface area contributed by atoms with Crippen LogP contribution in [-0.2, 0) is 4.79 Å². The third-order valence-electron chi connectivity index (χ3n) is 4.31. The van der Waals surface area contributed by atoms with Crippen LogP contribution in [0.4, 0.5) is 5.69 Å². The summed E-state index contributed by atoms with van der Waals surface area (Å²) in [5.41, 5.74) is 5.37. The number of nitrogens with one attached hydrogen (secondary N) is 1. The molecular formula is C21H23N3O2. The summed E-state index contributed by atoms with van der Waals surface area (Å²) in [6.07, 6.45) is 0. The lowest BCUT2D eigenvalue weighted by Crippen LogP contribution is -2.21. The minimum atomic E-state index is -0.202. The molecule has 0 aliphatic heterocycles. The zero-order valence-corrected chi connectivity index (χ0v) is 15.5. The van der Waals surface area contributed by atoms with Crippen molar-refractivity contribution in [2.45, 2.75) is 27.7 Å². The van der Waals surface area contributed by atoms with E-state index in [0.717, 1.165) is 39.6 Å². The topological polar surface area (TPSA) is 56.1 Å². The second-order valence-corrected chi connectivity index (χ2v) is 6.35. The highest BCUT2D eigenvalue weighted by molar-refractivity contribution is 5.93. The molecule has 0 atom stereocenters. The number of rotatable bonds is 5. The van der Waals surface area contributed by atoms with Crippen molar-refractivity contribution >= 4 is 11.6 Å². The number of amides is 1. The quantitative estimate of drug-likeness (QED) is 0.754. The van der Waals surface area contributed by atoms with Crippen molar-refractivity contribution in [3.63, 3.8) is 0 Å². The van der Waals surface area contributed by atoms with Gasteiger partial charge < -0.3 is 10.1 Å². The molecule has 1 aromatic heterocycles. The number of para-hydroxylation sites is 2. The number of benzene rings is 2. The van der Waals surface area contributed by atoms with Crippen LogP contribution in [0.25, 0.3) is 5.69 Å². The maximum Gasteiger partial charge on any atom is 0.262 e. The van der Waals surface area contributed by atoms with Gasteiger partial charge in [-0.1, -0.05) is 36.4 Å². The summed E-state index contributed by atoms with van der Waals surface area (Å²) in [5.74, 6) is 0.558. The van der Waals surface area contributed by atoms with Crippen LogP contribution in [0.5, 0.6) is 5.75 Å². The minimum Gasteiger partial charge on any atom is -0.483 e. The number of aromatic nitrogens is 2. The predicted molar refractivity (Wildman–Crippen MR) is 103 cm³/mol. The molecule has 0 saturated carbocycles. The summed E-state index contributed by atoms with van der Waals surface area (Å²) < 4.78 is 7.56. The third kappa shape index (κ3) is 3.61. The number of hydrogen-bond acceptors (Lipinski definition) is 3. The van der Waals surface area contributed by atoms with Gasteiger partial charge in [0.2, 0.25) is 0 Å². The molecule has 0 aliphatic carbocycles. The molecule has 0 fully saturated rings. The first kappa shape index (κ1) is 17.7. The van der Waals surface area contributed by atoms with Gasteiger partial charge >= 0.3 is 0 Å². The van der Waals surface area contributed by atoms with Crippen LogP contribution in [0.2, 0.25) is 0 Å². The first-order valence-corrected chi connectivity index (χ1v) is 8.58. The highest BCUT2D eigenvalue weighted by atomic mass is 16.5. The van der Waals surface area contributed by atoms with Gasteiger partial charge in [0.1, 0.15) is 5.75 Å². The average Bonchev–Trinajstić information content (AvgIpc) is 2.90. The molecule has 0 saturated heterocycles.